The smallest absolute Gasteiger partial charge is 0.228 e. The first kappa shape index (κ1) is 14.2. The van der Waals surface area contributed by atoms with Gasteiger partial charge in [-0.1, -0.05) is 34.1 Å². The number of carbonyl (C=O) groups excluding carboxylic acids is 1. The molecule has 0 aliphatic heterocycles. The maximum absolute atomic E-state index is 13.4. The zero-order chi connectivity index (χ0) is 14.5. The van der Waals surface area contributed by atoms with Crippen molar-refractivity contribution in [2.75, 3.05) is 5.32 Å². The Labute approximate surface area is 124 Å². The van der Waals surface area contributed by atoms with E-state index in [1.54, 1.807) is 36.4 Å². The minimum Gasteiger partial charge on any atom is -0.325 e. The van der Waals surface area contributed by atoms with Gasteiger partial charge in [-0.3, -0.25) is 4.79 Å². The molecule has 1 N–H and O–H groups in total. The highest BCUT2D eigenvalue weighted by atomic mass is 79.9. The minimum absolute atomic E-state index is 0.0758. The minimum atomic E-state index is -0.418. The number of benzene rings is 2. The van der Waals surface area contributed by atoms with Gasteiger partial charge < -0.3 is 5.32 Å². The molecule has 2 aromatic rings. The molecule has 0 aliphatic carbocycles. The summed E-state index contributed by atoms with van der Waals surface area (Å²) in [5, 5.41) is 11.6. The quantitative estimate of drug-likeness (QED) is 0.932. The lowest BCUT2D eigenvalue weighted by Gasteiger charge is -2.08. The van der Waals surface area contributed by atoms with E-state index >= 15 is 0 Å². The third-order valence-corrected chi connectivity index (χ3v) is 3.18. The molecule has 100 valence electrons. The molecule has 20 heavy (non-hydrogen) atoms. The van der Waals surface area contributed by atoms with Crippen LogP contribution in [0.2, 0.25) is 0 Å². The molecule has 0 aliphatic rings. The summed E-state index contributed by atoms with van der Waals surface area (Å²) in [5.74, 6) is -0.784. The summed E-state index contributed by atoms with van der Waals surface area (Å²) < 4.78 is 14.2. The van der Waals surface area contributed by atoms with Crippen molar-refractivity contribution in [1.29, 1.82) is 5.26 Å². The molecule has 0 radical (unpaired) electrons. The SMILES string of the molecule is N#Cc1cc(Br)ccc1NC(=O)Cc1ccccc1F. The van der Waals surface area contributed by atoms with Crippen LogP contribution in [-0.4, -0.2) is 5.91 Å². The van der Waals surface area contributed by atoms with Crippen LogP contribution in [0, 0.1) is 17.1 Å². The van der Waals surface area contributed by atoms with Gasteiger partial charge in [0.2, 0.25) is 5.91 Å². The van der Waals surface area contributed by atoms with Crippen LogP contribution in [0.25, 0.3) is 0 Å². The standard InChI is InChI=1S/C15H10BrFN2O/c16-12-5-6-14(11(7-12)9-18)19-15(20)8-10-3-1-2-4-13(10)17/h1-7H,8H2,(H,19,20). The van der Waals surface area contributed by atoms with Crippen LogP contribution in [0.4, 0.5) is 10.1 Å². The molecule has 5 heteroatoms. The summed E-state index contributed by atoms with van der Waals surface area (Å²) in [7, 11) is 0. The van der Waals surface area contributed by atoms with Crippen LogP contribution in [0.15, 0.2) is 46.9 Å². The zero-order valence-corrected chi connectivity index (χ0v) is 11.9. The predicted molar refractivity (Wildman–Crippen MR) is 77.6 cm³/mol. The number of carbonyl (C=O) groups is 1. The number of nitriles is 1. The highest BCUT2D eigenvalue weighted by molar-refractivity contribution is 9.10. The van der Waals surface area contributed by atoms with Crippen molar-refractivity contribution in [1.82, 2.24) is 0 Å². The molecular weight excluding hydrogens is 323 g/mol. The van der Waals surface area contributed by atoms with Crippen molar-refractivity contribution in [3.8, 4) is 6.07 Å². The topological polar surface area (TPSA) is 52.9 Å². The molecule has 0 bridgehead atoms. The molecule has 0 spiro atoms. The molecule has 0 saturated carbocycles. The third kappa shape index (κ3) is 3.43. The summed E-state index contributed by atoms with van der Waals surface area (Å²) in [6.45, 7) is 0. The van der Waals surface area contributed by atoms with E-state index in [2.05, 4.69) is 21.2 Å². The van der Waals surface area contributed by atoms with Crippen molar-refractivity contribution >= 4 is 27.5 Å². The van der Waals surface area contributed by atoms with Gasteiger partial charge in [0.1, 0.15) is 11.9 Å². The van der Waals surface area contributed by atoms with Gasteiger partial charge in [0.25, 0.3) is 0 Å². The van der Waals surface area contributed by atoms with Crippen LogP contribution in [-0.2, 0) is 11.2 Å². The van der Waals surface area contributed by atoms with Gasteiger partial charge in [-0.05, 0) is 29.8 Å². The zero-order valence-electron chi connectivity index (χ0n) is 10.4. The molecule has 0 unspecified atom stereocenters. The van der Waals surface area contributed by atoms with E-state index in [-0.39, 0.29) is 12.3 Å². The second kappa shape index (κ2) is 6.31. The second-order valence-corrected chi connectivity index (χ2v) is 5.03. The van der Waals surface area contributed by atoms with Crippen LogP contribution in [0.3, 0.4) is 0 Å². The third-order valence-electron chi connectivity index (χ3n) is 2.69. The van der Waals surface area contributed by atoms with Crippen molar-refractivity contribution in [2.24, 2.45) is 0 Å². The van der Waals surface area contributed by atoms with Crippen LogP contribution < -0.4 is 5.32 Å². The van der Waals surface area contributed by atoms with E-state index in [0.29, 0.717) is 16.8 Å². The molecule has 0 saturated heterocycles. The molecule has 2 rings (SSSR count). The first-order valence-electron chi connectivity index (χ1n) is 5.83. The average Bonchev–Trinajstić information content (AvgIpc) is 2.43. The number of anilines is 1. The highest BCUT2D eigenvalue weighted by Gasteiger charge is 2.10. The lowest BCUT2D eigenvalue weighted by atomic mass is 10.1. The molecule has 0 heterocycles. The van der Waals surface area contributed by atoms with Gasteiger partial charge in [-0.2, -0.15) is 5.26 Å². The number of hydrogen-bond donors (Lipinski definition) is 1. The van der Waals surface area contributed by atoms with E-state index in [9.17, 15) is 9.18 Å². The Balaban J connectivity index is 2.13. The van der Waals surface area contributed by atoms with Gasteiger partial charge in [-0.15, -0.1) is 0 Å². The summed E-state index contributed by atoms with van der Waals surface area (Å²) in [6.07, 6.45) is -0.0758. The van der Waals surface area contributed by atoms with Gasteiger partial charge >= 0.3 is 0 Å². The molecule has 2 aromatic carbocycles. The first-order valence-corrected chi connectivity index (χ1v) is 6.62. The maximum Gasteiger partial charge on any atom is 0.228 e. The lowest BCUT2D eigenvalue weighted by molar-refractivity contribution is -0.115. The second-order valence-electron chi connectivity index (χ2n) is 4.12. The largest absolute Gasteiger partial charge is 0.325 e. The van der Waals surface area contributed by atoms with Crippen molar-refractivity contribution in [3.63, 3.8) is 0 Å². The number of nitrogens with zero attached hydrogens (tertiary/aromatic N) is 1. The fourth-order valence-electron chi connectivity index (χ4n) is 1.73. The molecule has 1 amide bonds. The predicted octanol–water partition coefficient (Wildman–Crippen LogP) is 3.64. The van der Waals surface area contributed by atoms with Gasteiger partial charge in [0, 0.05) is 4.47 Å². The Morgan fingerprint density at radius 2 is 2.05 bits per heavy atom. The Kier molecular flexibility index (Phi) is 4.49. The van der Waals surface area contributed by atoms with E-state index in [0.717, 1.165) is 4.47 Å². The van der Waals surface area contributed by atoms with E-state index < -0.39 is 5.82 Å². The highest BCUT2D eigenvalue weighted by Crippen LogP contribution is 2.20. The summed E-state index contributed by atoms with van der Waals surface area (Å²) in [5.41, 5.74) is 1.08. The van der Waals surface area contributed by atoms with Gasteiger partial charge in [0.15, 0.2) is 0 Å². The molecule has 0 atom stereocenters. The molecule has 0 aromatic heterocycles. The Hall–Kier alpha value is -2.19. The maximum atomic E-state index is 13.4. The molecular formula is C15H10BrFN2O. The van der Waals surface area contributed by atoms with Gasteiger partial charge in [-0.25, -0.2) is 4.39 Å². The van der Waals surface area contributed by atoms with Crippen molar-refractivity contribution in [2.45, 2.75) is 6.42 Å². The summed E-state index contributed by atoms with van der Waals surface area (Å²) in [6, 6.07) is 13.1. The van der Waals surface area contributed by atoms with Crippen LogP contribution in [0.5, 0.6) is 0 Å². The number of nitrogens with one attached hydrogen (secondary N) is 1. The number of halogens is 2. The van der Waals surface area contributed by atoms with Crippen LogP contribution in [0.1, 0.15) is 11.1 Å². The van der Waals surface area contributed by atoms with E-state index in [1.807, 2.05) is 6.07 Å². The normalized spacial score (nSPS) is 9.85. The van der Waals surface area contributed by atoms with Crippen LogP contribution >= 0.6 is 15.9 Å². The van der Waals surface area contributed by atoms with E-state index in [1.165, 1.54) is 6.07 Å². The molecule has 0 fully saturated rings. The Morgan fingerprint density at radius 3 is 2.75 bits per heavy atom. The Bertz CT molecular complexity index is 695. The summed E-state index contributed by atoms with van der Waals surface area (Å²) >= 11 is 3.25. The number of amides is 1. The number of rotatable bonds is 3. The Morgan fingerprint density at radius 1 is 1.30 bits per heavy atom. The molecule has 3 nitrogen and oxygen atoms in total. The van der Waals surface area contributed by atoms with Crippen molar-refractivity contribution < 1.29 is 9.18 Å². The summed E-state index contributed by atoms with van der Waals surface area (Å²) in [4.78, 5) is 11.9. The number of hydrogen-bond acceptors (Lipinski definition) is 2. The monoisotopic (exact) mass is 332 g/mol. The van der Waals surface area contributed by atoms with E-state index in [4.69, 9.17) is 5.26 Å². The lowest BCUT2D eigenvalue weighted by Crippen LogP contribution is -2.16. The van der Waals surface area contributed by atoms with Gasteiger partial charge in [0.05, 0.1) is 17.7 Å². The fraction of sp³-hybridized carbons (Fsp3) is 0.0667. The first-order chi connectivity index (χ1) is 9.60. The van der Waals surface area contributed by atoms with Crippen molar-refractivity contribution in [3.05, 3.63) is 63.9 Å². The average molecular weight is 333 g/mol. The fourth-order valence-corrected chi connectivity index (χ4v) is 2.09.